The standard InChI is InChI=1S/C16H19N5O2S/c22-16(20-14-8-17-2-3-18-14)11-7-13-12(1-5-23-13)21(9-11)10-15-19-4-6-24-15/h2-4,6,8,11-13H,1,5,7,9-10H2,(H,18,20,22)/t11-,12-,13-/m1/s1. The number of likely N-dealkylation sites (tertiary alicyclic amines) is 1. The van der Waals surface area contributed by atoms with Crippen LogP contribution < -0.4 is 5.32 Å². The summed E-state index contributed by atoms with van der Waals surface area (Å²) in [6, 6.07) is 0.384. The predicted octanol–water partition coefficient (Wildman–Crippen LogP) is 1.55. The molecule has 1 amide bonds. The Hall–Kier alpha value is -1.90. The SMILES string of the molecule is O=C(Nc1cnccn1)[C@@H]1C[C@H]2OCC[C@H]2N(Cc2nccs2)C1. The van der Waals surface area contributed by atoms with Crippen LogP contribution in [0.2, 0.25) is 0 Å². The Morgan fingerprint density at radius 2 is 2.33 bits per heavy atom. The van der Waals surface area contributed by atoms with Crippen molar-refractivity contribution in [1.29, 1.82) is 0 Å². The highest BCUT2D eigenvalue weighted by Gasteiger charge is 2.42. The molecule has 24 heavy (non-hydrogen) atoms. The summed E-state index contributed by atoms with van der Waals surface area (Å²) in [5, 5.41) is 5.93. The number of hydrogen-bond donors (Lipinski definition) is 1. The van der Waals surface area contributed by atoms with Crippen molar-refractivity contribution >= 4 is 23.1 Å². The lowest BCUT2D eigenvalue weighted by atomic mass is 9.89. The molecule has 0 aromatic carbocycles. The molecule has 2 aliphatic heterocycles. The Morgan fingerprint density at radius 1 is 1.38 bits per heavy atom. The van der Waals surface area contributed by atoms with E-state index in [0.717, 1.165) is 37.5 Å². The highest BCUT2D eigenvalue weighted by Crippen LogP contribution is 2.33. The van der Waals surface area contributed by atoms with Crippen molar-refractivity contribution < 1.29 is 9.53 Å². The van der Waals surface area contributed by atoms with Gasteiger partial charge in [-0.15, -0.1) is 11.3 Å². The highest BCUT2D eigenvalue weighted by molar-refractivity contribution is 7.09. The predicted molar refractivity (Wildman–Crippen MR) is 89.4 cm³/mol. The summed E-state index contributed by atoms with van der Waals surface area (Å²) in [6.45, 7) is 2.26. The average molecular weight is 345 g/mol. The van der Waals surface area contributed by atoms with E-state index in [0.29, 0.717) is 11.9 Å². The van der Waals surface area contributed by atoms with Crippen LogP contribution in [-0.2, 0) is 16.1 Å². The first-order chi connectivity index (χ1) is 11.8. The summed E-state index contributed by atoms with van der Waals surface area (Å²) in [5.74, 6) is 0.350. The van der Waals surface area contributed by atoms with Gasteiger partial charge in [-0.25, -0.2) is 9.97 Å². The van der Waals surface area contributed by atoms with Crippen LogP contribution in [0.1, 0.15) is 17.8 Å². The Kier molecular flexibility index (Phi) is 4.50. The van der Waals surface area contributed by atoms with Crippen LogP contribution in [0.4, 0.5) is 5.82 Å². The fourth-order valence-corrected chi connectivity index (χ4v) is 4.16. The average Bonchev–Trinajstić information content (AvgIpc) is 3.27. The van der Waals surface area contributed by atoms with Gasteiger partial charge in [-0.05, 0) is 12.8 Å². The molecule has 0 unspecified atom stereocenters. The third-order valence-electron chi connectivity index (χ3n) is 4.62. The third-order valence-corrected chi connectivity index (χ3v) is 5.39. The van der Waals surface area contributed by atoms with Gasteiger partial charge in [0.25, 0.3) is 0 Å². The molecular formula is C16H19N5O2S. The Morgan fingerprint density at radius 3 is 3.12 bits per heavy atom. The van der Waals surface area contributed by atoms with E-state index in [9.17, 15) is 4.79 Å². The van der Waals surface area contributed by atoms with Gasteiger partial charge in [0.05, 0.1) is 24.8 Å². The van der Waals surface area contributed by atoms with Gasteiger partial charge in [0, 0.05) is 43.2 Å². The van der Waals surface area contributed by atoms with Crippen molar-refractivity contribution in [2.24, 2.45) is 5.92 Å². The molecule has 0 saturated carbocycles. The number of thiazole rings is 1. The van der Waals surface area contributed by atoms with E-state index in [1.807, 2.05) is 11.6 Å². The fraction of sp³-hybridized carbons (Fsp3) is 0.500. The molecule has 0 spiro atoms. The maximum absolute atomic E-state index is 12.6. The molecule has 2 saturated heterocycles. The van der Waals surface area contributed by atoms with E-state index in [1.165, 1.54) is 0 Å². The zero-order valence-electron chi connectivity index (χ0n) is 13.2. The number of aromatic nitrogens is 3. The van der Waals surface area contributed by atoms with Crippen molar-refractivity contribution in [3.05, 3.63) is 35.2 Å². The lowest BCUT2D eigenvalue weighted by Crippen LogP contribution is -2.51. The Bertz CT molecular complexity index is 681. The number of amides is 1. The number of rotatable bonds is 4. The number of carbonyl (C=O) groups excluding carboxylic acids is 1. The molecule has 2 fully saturated rings. The van der Waals surface area contributed by atoms with E-state index < -0.39 is 0 Å². The second-order valence-corrected chi connectivity index (χ2v) is 7.11. The molecule has 4 rings (SSSR count). The van der Waals surface area contributed by atoms with Gasteiger partial charge in [-0.2, -0.15) is 0 Å². The van der Waals surface area contributed by atoms with Crippen molar-refractivity contribution in [2.45, 2.75) is 31.5 Å². The van der Waals surface area contributed by atoms with Crippen LogP contribution in [0.5, 0.6) is 0 Å². The number of hydrogen-bond acceptors (Lipinski definition) is 7. The van der Waals surface area contributed by atoms with Gasteiger partial charge in [0.2, 0.25) is 5.91 Å². The van der Waals surface area contributed by atoms with Gasteiger partial charge >= 0.3 is 0 Å². The number of ether oxygens (including phenoxy) is 1. The molecule has 0 bridgehead atoms. The smallest absolute Gasteiger partial charge is 0.230 e. The number of piperidine rings is 1. The lowest BCUT2D eigenvalue weighted by molar-refractivity contribution is -0.124. The minimum Gasteiger partial charge on any atom is -0.377 e. The first-order valence-corrected chi connectivity index (χ1v) is 8.98. The van der Waals surface area contributed by atoms with Gasteiger partial charge < -0.3 is 10.1 Å². The molecule has 2 aliphatic rings. The van der Waals surface area contributed by atoms with Gasteiger partial charge in [0.15, 0.2) is 5.82 Å². The number of carbonyl (C=O) groups is 1. The van der Waals surface area contributed by atoms with Crippen molar-refractivity contribution in [3.8, 4) is 0 Å². The molecule has 7 nitrogen and oxygen atoms in total. The van der Waals surface area contributed by atoms with E-state index in [4.69, 9.17) is 4.74 Å². The zero-order chi connectivity index (χ0) is 16.4. The lowest BCUT2D eigenvalue weighted by Gasteiger charge is -2.39. The maximum atomic E-state index is 12.6. The van der Waals surface area contributed by atoms with Crippen LogP contribution >= 0.6 is 11.3 Å². The first-order valence-electron chi connectivity index (χ1n) is 8.10. The quantitative estimate of drug-likeness (QED) is 0.906. The summed E-state index contributed by atoms with van der Waals surface area (Å²) < 4.78 is 5.87. The third kappa shape index (κ3) is 3.31. The molecule has 126 valence electrons. The van der Waals surface area contributed by atoms with Crippen molar-refractivity contribution in [3.63, 3.8) is 0 Å². The van der Waals surface area contributed by atoms with Crippen LogP contribution in [0.15, 0.2) is 30.2 Å². The summed E-state index contributed by atoms with van der Waals surface area (Å²) in [7, 11) is 0. The monoisotopic (exact) mass is 345 g/mol. The summed E-state index contributed by atoms with van der Waals surface area (Å²) in [6.07, 6.45) is 8.44. The highest BCUT2D eigenvalue weighted by atomic mass is 32.1. The molecule has 8 heteroatoms. The molecule has 1 N–H and O–H groups in total. The molecule has 3 atom stereocenters. The molecule has 4 heterocycles. The Labute approximate surface area is 144 Å². The number of anilines is 1. The number of nitrogens with zero attached hydrogens (tertiary/aromatic N) is 4. The van der Waals surface area contributed by atoms with Crippen molar-refractivity contribution in [1.82, 2.24) is 19.9 Å². The van der Waals surface area contributed by atoms with Gasteiger partial charge in [-0.3, -0.25) is 14.7 Å². The van der Waals surface area contributed by atoms with E-state index >= 15 is 0 Å². The number of fused-ring (bicyclic) bond motifs is 1. The Balaban J connectivity index is 1.46. The van der Waals surface area contributed by atoms with Crippen LogP contribution in [-0.4, -0.2) is 51.1 Å². The normalized spacial score (nSPS) is 26.9. The second-order valence-electron chi connectivity index (χ2n) is 6.13. The number of nitrogens with one attached hydrogen (secondary N) is 1. The minimum atomic E-state index is -0.119. The molecule has 2 aromatic heterocycles. The largest absolute Gasteiger partial charge is 0.377 e. The zero-order valence-corrected chi connectivity index (χ0v) is 14.0. The molecule has 2 aromatic rings. The fourth-order valence-electron chi connectivity index (χ4n) is 3.52. The van der Waals surface area contributed by atoms with E-state index in [1.54, 1.807) is 29.9 Å². The molecular weight excluding hydrogens is 326 g/mol. The van der Waals surface area contributed by atoms with E-state index in [-0.39, 0.29) is 17.9 Å². The summed E-state index contributed by atoms with van der Waals surface area (Å²) in [4.78, 5) is 27.5. The summed E-state index contributed by atoms with van der Waals surface area (Å²) >= 11 is 1.65. The second kappa shape index (κ2) is 6.92. The van der Waals surface area contributed by atoms with Crippen LogP contribution in [0.25, 0.3) is 0 Å². The van der Waals surface area contributed by atoms with E-state index in [2.05, 4.69) is 25.2 Å². The summed E-state index contributed by atoms with van der Waals surface area (Å²) in [5.41, 5.74) is 0. The maximum Gasteiger partial charge on any atom is 0.230 e. The first kappa shape index (κ1) is 15.6. The molecule has 0 radical (unpaired) electrons. The molecule has 0 aliphatic carbocycles. The minimum absolute atomic E-state index is 0.0198. The topological polar surface area (TPSA) is 80.2 Å². The van der Waals surface area contributed by atoms with Crippen LogP contribution in [0.3, 0.4) is 0 Å². The van der Waals surface area contributed by atoms with Crippen LogP contribution in [0, 0.1) is 5.92 Å². The van der Waals surface area contributed by atoms with Gasteiger partial charge in [0.1, 0.15) is 5.01 Å². The van der Waals surface area contributed by atoms with Gasteiger partial charge in [-0.1, -0.05) is 0 Å². The van der Waals surface area contributed by atoms with Crippen molar-refractivity contribution in [2.75, 3.05) is 18.5 Å².